The lowest BCUT2D eigenvalue weighted by atomic mass is 10.2. The van der Waals surface area contributed by atoms with Crippen LogP contribution in [0.3, 0.4) is 0 Å². The van der Waals surface area contributed by atoms with Crippen LogP contribution in [0.2, 0.25) is 0 Å². The van der Waals surface area contributed by atoms with E-state index >= 15 is 0 Å². The Balaban J connectivity index is 2.07. The molecule has 0 aliphatic rings. The van der Waals surface area contributed by atoms with Gasteiger partial charge in [0.2, 0.25) is 5.91 Å². The first-order valence-electron chi connectivity index (χ1n) is 8.07. The van der Waals surface area contributed by atoms with Gasteiger partial charge in [-0.2, -0.15) is 0 Å². The van der Waals surface area contributed by atoms with Gasteiger partial charge in [-0.05, 0) is 43.7 Å². The molecule has 0 radical (unpaired) electrons. The number of carbonyl (C=O) groups excluding carboxylic acids is 1. The summed E-state index contributed by atoms with van der Waals surface area (Å²) < 4.78 is 11.2. The second kappa shape index (κ2) is 9.22. The van der Waals surface area contributed by atoms with Crippen molar-refractivity contribution in [3.8, 4) is 11.5 Å². The molecule has 134 valence electrons. The van der Waals surface area contributed by atoms with Crippen LogP contribution in [0.5, 0.6) is 11.5 Å². The van der Waals surface area contributed by atoms with Crippen molar-refractivity contribution in [2.45, 2.75) is 31.4 Å². The number of nitrogens with two attached hydrogens (primary N) is 1. The Bertz CT molecular complexity index is 720. The van der Waals surface area contributed by atoms with Gasteiger partial charge in [0.1, 0.15) is 0 Å². The topological polar surface area (TPSA) is 73.6 Å². The standard InChI is InChI=1S/C19H24N2O3S/c1-13(2)24-16-9-8-14(10-17(16)23-3)11-21-15-6-4-5-7-18(15)25-12-19(20)22/h4-10,13,21H,11-12H2,1-3H3,(H2,20,22). The molecule has 5 nitrogen and oxygen atoms in total. The van der Waals surface area contributed by atoms with Crippen molar-refractivity contribution >= 4 is 23.4 Å². The average Bonchev–Trinajstić information content (AvgIpc) is 2.59. The van der Waals surface area contributed by atoms with Gasteiger partial charge >= 0.3 is 0 Å². The maximum Gasteiger partial charge on any atom is 0.227 e. The number of rotatable bonds is 9. The summed E-state index contributed by atoms with van der Waals surface area (Å²) in [6.07, 6.45) is 0.0898. The van der Waals surface area contributed by atoms with Gasteiger partial charge in [-0.1, -0.05) is 18.2 Å². The molecule has 0 heterocycles. The van der Waals surface area contributed by atoms with Crippen LogP contribution < -0.4 is 20.5 Å². The molecule has 0 aliphatic carbocycles. The Morgan fingerprint density at radius 1 is 1.20 bits per heavy atom. The highest BCUT2D eigenvalue weighted by Crippen LogP contribution is 2.30. The Hall–Kier alpha value is -2.34. The third-order valence-corrected chi connectivity index (χ3v) is 4.43. The molecule has 2 aromatic carbocycles. The fourth-order valence-electron chi connectivity index (χ4n) is 2.26. The summed E-state index contributed by atoms with van der Waals surface area (Å²) in [5.41, 5.74) is 7.27. The molecule has 0 atom stereocenters. The SMILES string of the molecule is COc1cc(CNc2ccccc2SCC(N)=O)ccc1OC(C)C. The lowest BCUT2D eigenvalue weighted by Gasteiger charge is -2.15. The van der Waals surface area contributed by atoms with Gasteiger partial charge in [0, 0.05) is 17.1 Å². The van der Waals surface area contributed by atoms with Crippen LogP contribution >= 0.6 is 11.8 Å². The first-order valence-corrected chi connectivity index (χ1v) is 9.05. The third-order valence-electron chi connectivity index (χ3n) is 3.33. The molecule has 6 heteroatoms. The Labute approximate surface area is 152 Å². The third kappa shape index (κ3) is 5.90. The van der Waals surface area contributed by atoms with E-state index in [-0.39, 0.29) is 17.8 Å². The van der Waals surface area contributed by atoms with E-state index in [4.69, 9.17) is 15.2 Å². The van der Waals surface area contributed by atoms with E-state index in [2.05, 4.69) is 5.32 Å². The monoisotopic (exact) mass is 360 g/mol. The van der Waals surface area contributed by atoms with Crippen LogP contribution in [0.1, 0.15) is 19.4 Å². The van der Waals surface area contributed by atoms with Gasteiger partial charge in [-0.3, -0.25) is 4.79 Å². The predicted molar refractivity (Wildman–Crippen MR) is 102 cm³/mol. The maximum absolute atomic E-state index is 11.0. The summed E-state index contributed by atoms with van der Waals surface area (Å²) in [4.78, 5) is 12.0. The minimum atomic E-state index is -0.328. The number of carbonyl (C=O) groups is 1. The van der Waals surface area contributed by atoms with E-state index in [0.717, 1.165) is 21.9 Å². The van der Waals surface area contributed by atoms with E-state index in [0.29, 0.717) is 12.3 Å². The highest BCUT2D eigenvalue weighted by atomic mass is 32.2. The molecule has 0 saturated heterocycles. The van der Waals surface area contributed by atoms with Crippen LogP contribution in [0.15, 0.2) is 47.4 Å². The van der Waals surface area contributed by atoms with Gasteiger partial charge in [0.15, 0.2) is 11.5 Å². The first-order chi connectivity index (χ1) is 12.0. The fraction of sp³-hybridized carbons (Fsp3) is 0.316. The largest absolute Gasteiger partial charge is 0.493 e. The number of para-hydroxylation sites is 1. The van der Waals surface area contributed by atoms with Gasteiger partial charge in [0.25, 0.3) is 0 Å². The predicted octanol–water partition coefficient (Wildman–Crippen LogP) is 3.67. The van der Waals surface area contributed by atoms with Crippen molar-refractivity contribution in [1.29, 1.82) is 0 Å². The van der Waals surface area contributed by atoms with Crippen molar-refractivity contribution in [2.75, 3.05) is 18.2 Å². The molecule has 0 aromatic heterocycles. The smallest absolute Gasteiger partial charge is 0.227 e. The van der Waals surface area contributed by atoms with Crippen LogP contribution in [0.4, 0.5) is 5.69 Å². The van der Waals surface area contributed by atoms with Crippen molar-refractivity contribution < 1.29 is 14.3 Å². The minimum Gasteiger partial charge on any atom is -0.493 e. The number of anilines is 1. The molecule has 0 aliphatic heterocycles. The second-order valence-corrected chi connectivity index (χ2v) is 6.77. The number of hydrogen-bond acceptors (Lipinski definition) is 5. The van der Waals surface area contributed by atoms with Crippen LogP contribution in [-0.4, -0.2) is 24.9 Å². The quantitative estimate of drug-likeness (QED) is 0.668. The summed E-state index contributed by atoms with van der Waals surface area (Å²) >= 11 is 1.43. The van der Waals surface area contributed by atoms with E-state index in [1.165, 1.54) is 11.8 Å². The zero-order chi connectivity index (χ0) is 18.2. The van der Waals surface area contributed by atoms with Crippen molar-refractivity contribution in [3.63, 3.8) is 0 Å². The van der Waals surface area contributed by atoms with Crippen molar-refractivity contribution in [1.82, 2.24) is 0 Å². The van der Waals surface area contributed by atoms with E-state index < -0.39 is 0 Å². The number of methoxy groups -OCH3 is 1. The Morgan fingerprint density at radius 2 is 1.96 bits per heavy atom. The van der Waals surface area contributed by atoms with Crippen molar-refractivity contribution in [2.24, 2.45) is 5.73 Å². The highest BCUT2D eigenvalue weighted by Gasteiger charge is 2.09. The number of hydrogen-bond donors (Lipinski definition) is 2. The van der Waals surface area contributed by atoms with E-state index in [1.807, 2.05) is 56.3 Å². The molecule has 3 N–H and O–H groups in total. The zero-order valence-electron chi connectivity index (χ0n) is 14.7. The lowest BCUT2D eigenvalue weighted by molar-refractivity contribution is -0.115. The van der Waals surface area contributed by atoms with E-state index in [1.54, 1.807) is 7.11 Å². The molecule has 0 fully saturated rings. The zero-order valence-corrected chi connectivity index (χ0v) is 15.6. The fourth-order valence-corrected chi connectivity index (χ4v) is 3.03. The molecular formula is C19H24N2O3S. The number of amides is 1. The average molecular weight is 360 g/mol. The summed E-state index contributed by atoms with van der Waals surface area (Å²) in [5.74, 6) is 1.38. The van der Waals surface area contributed by atoms with Crippen LogP contribution in [0.25, 0.3) is 0 Å². The number of thioether (sulfide) groups is 1. The number of benzene rings is 2. The van der Waals surface area contributed by atoms with Gasteiger partial charge < -0.3 is 20.5 Å². The van der Waals surface area contributed by atoms with Crippen LogP contribution in [0, 0.1) is 0 Å². The maximum atomic E-state index is 11.0. The number of primary amides is 1. The lowest BCUT2D eigenvalue weighted by Crippen LogP contribution is -2.13. The van der Waals surface area contributed by atoms with Gasteiger partial charge in [0.05, 0.1) is 19.0 Å². The summed E-state index contributed by atoms with van der Waals surface area (Å²) in [7, 11) is 1.63. The normalized spacial score (nSPS) is 10.6. The summed E-state index contributed by atoms with van der Waals surface area (Å²) in [5, 5.41) is 3.40. The summed E-state index contributed by atoms with van der Waals surface area (Å²) in [6, 6.07) is 13.7. The molecule has 0 bridgehead atoms. The first kappa shape index (κ1) is 19.0. The second-order valence-electron chi connectivity index (χ2n) is 5.76. The minimum absolute atomic E-state index is 0.0898. The van der Waals surface area contributed by atoms with E-state index in [9.17, 15) is 4.79 Å². The Kier molecular flexibility index (Phi) is 7.01. The molecule has 0 saturated carbocycles. The molecule has 1 amide bonds. The van der Waals surface area contributed by atoms with Crippen LogP contribution in [-0.2, 0) is 11.3 Å². The molecule has 2 rings (SSSR count). The molecule has 0 unspecified atom stereocenters. The number of ether oxygens (including phenoxy) is 2. The molecular weight excluding hydrogens is 336 g/mol. The van der Waals surface area contributed by atoms with Crippen molar-refractivity contribution in [3.05, 3.63) is 48.0 Å². The molecule has 0 spiro atoms. The molecule has 2 aromatic rings. The number of nitrogens with one attached hydrogen (secondary N) is 1. The van der Waals surface area contributed by atoms with Gasteiger partial charge in [-0.25, -0.2) is 0 Å². The molecule has 25 heavy (non-hydrogen) atoms. The summed E-state index contributed by atoms with van der Waals surface area (Å²) in [6.45, 7) is 4.59. The van der Waals surface area contributed by atoms with Gasteiger partial charge in [-0.15, -0.1) is 11.8 Å². The Morgan fingerprint density at radius 3 is 2.64 bits per heavy atom. The highest BCUT2D eigenvalue weighted by molar-refractivity contribution is 8.00.